The summed E-state index contributed by atoms with van der Waals surface area (Å²) >= 11 is 0. The molecule has 0 radical (unpaired) electrons. The second-order valence-electron chi connectivity index (χ2n) is 18.8. The largest absolute Gasteiger partial charge is 0.458 e. The van der Waals surface area contributed by atoms with Crippen LogP contribution >= 0.6 is 0 Å². The van der Waals surface area contributed by atoms with E-state index in [0.717, 1.165) is 32.5 Å². The van der Waals surface area contributed by atoms with Gasteiger partial charge in [-0.3, -0.25) is 38.4 Å². The van der Waals surface area contributed by atoms with Gasteiger partial charge < -0.3 is 45.7 Å². The molecule has 3 atom stereocenters. The van der Waals surface area contributed by atoms with Crippen LogP contribution in [0.3, 0.4) is 0 Å². The zero-order valence-corrected chi connectivity index (χ0v) is 41.0. The third-order valence-electron chi connectivity index (χ3n) is 14.1. The normalized spacial score (nSPS) is 17.4. The summed E-state index contributed by atoms with van der Waals surface area (Å²) in [5.74, 6) is -5.47. The van der Waals surface area contributed by atoms with Crippen molar-refractivity contribution in [3.05, 3.63) is 140 Å². The van der Waals surface area contributed by atoms with Crippen LogP contribution in [0.4, 0.5) is 10.1 Å². The number of aliphatic hydroxyl groups is 1. The number of halogens is 1. The summed E-state index contributed by atoms with van der Waals surface area (Å²) < 4.78 is 28.2. The molecule has 7 amide bonds. The van der Waals surface area contributed by atoms with E-state index in [4.69, 9.17) is 14.5 Å². The maximum absolute atomic E-state index is 15.4. The molecule has 2 aromatic heterocycles. The molecule has 388 valence electrons. The van der Waals surface area contributed by atoms with E-state index < -0.39 is 90.0 Å². The number of rotatable bonds is 19. The zero-order valence-electron chi connectivity index (χ0n) is 41.0. The number of aromatic nitrogens is 2. The number of fused-ring (bicyclic) bond motifs is 5. The minimum atomic E-state index is -2.02. The van der Waals surface area contributed by atoms with Crippen LogP contribution in [0.15, 0.2) is 83.7 Å². The van der Waals surface area contributed by atoms with Gasteiger partial charge in [-0.2, -0.15) is 0 Å². The smallest absolute Gasteiger partial charge is 0.343 e. The number of aryl methyl sites for hydroxylation is 2. The average molecular weight is 1030 g/mol. The number of esters is 1. The number of amides is 7. The summed E-state index contributed by atoms with van der Waals surface area (Å²) in [4.78, 5) is 121. The molecule has 0 saturated heterocycles. The Labute approximate surface area is 428 Å². The average Bonchev–Trinajstić information content (AvgIpc) is 3.96. The number of ether oxygens (including phenoxy) is 2. The van der Waals surface area contributed by atoms with Gasteiger partial charge in [-0.1, -0.05) is 49.4 Å². The maximum atomic E-state index is 15.4. The van der Waals surface area contributed by atoms with E-state index in [-0.39, 0.29) is 62.8 Å². The number of nitrogens with zero attached hydrogens (tertiary/aromatic N) is 3. The van der Waals surface area contributed by atoms with E-state index >= 15 is 4.39 Å². The molecule has 0 spiro atoms. The monoisotopic (exact) mass is 1020 g/mol. The van der Waals surface area contributed by atoms with Gasteiger partial charge in [0.25, 0.3) is 17.4 Å². The predicted octanol–water partition coefficient (Wildman–Crippen LogP) is 1.79. The fourth-order valence-corrected chi connectivity index (χ4v) is 10.0. The molecule has 3 aromatic carbocycles. The Morgan fingerprint density at radius 1 is 0.853 bits per heavy atom. The Morgan fingerprint density at radius 2 is 1.55 bits per heavy atom. The first kappa shape index (κ1) is 51.5. The van der Waals surface area contributed by atoms with Crippen molar-refractivity contribution < 1.29 is 57.3 Å². The van der Waals surface area contributed by atoms with Crippen molar-refractivity contribution in [1.82, 2.24) is 36.1 Å². The molecule has 5 aromatic rings. The molecule has 0 fully saturated rings. The molecule has 0 bridgehead atoms. The number of cyclic esters (lactones) is 1. The van der Waals surface area contributed by atoms with Crippen molar-refractivity contribution in [3.8, 4) is 11.4 Å². The van der Waals surface area contributed by atoms with Gasteiger partial charge in [-0.15, -0.1) is 0 Å². The standard InChI is InChI=1S/C54H53FN8O12/c1-3-54(73)37-20-41-50-35(25-62(41)52(71)36(37)27-75-53(54)72)48-32(12-15-34-29(2)38(55)21-39(61-50)49(34)48)26-74-28-59-44(66)23-58-51(70)40(19-31-7-5-4-6-8-31)60-45(67)24-57-43(65)22-56-42(64)16-11-30-9-13-33(14-10-30)63-46(68)17-18-47(63)69/h4-10,13-14,17-18,20-21,32,40,73H,3,11-12,15-16,19,22-28H2,1-2H3,(H,56,64)(H,57,65)(H,58,70)(H,59,66)(H,60,67)/t32?,40-,54-/m0/s1. The van der Waals surface area contributed by atoms with Gasteiger partial charge in [0.05, 0.1) is 60.9 Å². The van der Waals surface area contributed by atoms with Crippen LogP contribution in [0, 0.1) is 12.7 Å². The third-order valence-corrected chi connectivity index (χ3v) is 14.1. The Balaban J connectivity index is 0.765. The predicted molar refractivity (Wildman–Crippen MR) is 267 cm³/mol. The molecule has 21 heteroatoms. The SMILES string of the molecule is CC[C@@]1(O)C(=O)OCc2c1cc1n(c2=O)Cc2c-1nc1cc(F)c(C)c3c1c2C(COCNC(=O)CNC(=O)[C@H](Cc1ccccc1)NC(=O)CNC(=O)CNC(=O)CCc1ccc(N2C(=O)C=CC2=O)cc1)CC3. The summed E-state index contributed by atoms with van der Waals surface area (Å²) in [5, 5.41) is 24.8. The molecule has 9 rings (SSSR count). The van der Waals surface area contributed by atoms with Gasteiger partial charge in [0.1, 0.15) is 25.2 Å². The fourth-order valence-electron chi connectivity index (χ4n) is 10.0. The number of carbonyl (C=O) groups excluding carboxylic acids is 8. The van der Waals surface area contributed by atoms with E-state index in [1.54, 1.807) is 74.5 Å². The van der Waals surface area contributed by atoms with Crippen LogP contribution < -0.4 is 37.0 Å². The number of hydrogen-bond donors (Lipinski definition) is 6. The molecule has 4 aliphatic rings. The number of hydrogen-bond acceptors (Lipinski definition) is 13. The second kappa shape index (κ2) is 21.6. The Morgan fingerprint density at radius 3 is 2.28 bits per heavy atom. The number of carbonyl (C=O) groups is 8. The van der Waals surface area contributed by atoms with Gasteiger partial charge in [-0.25, -0.2) is 19.1 Å². The minimum Gasteiger partial charge on any atom is -0.458 e. The highest BCUT2D eigenvalue weighted by atomic mass is 19.1. The van der Waals surface area contributed by atoms with Gasteiger partial charge in [0.2, 0.25) is 29.5 Å². The molecule has 75 heavy (non-hydrogen) atoms. The van der Waals surface area contributed by atoms with Gasteiger partial charge in [0.15, 0.2) is 5.60 Å². The summed E-state index contributed by atoms with van der Waals surface area (Å²) in [5.41, 5.74) is 3.82. The highest BCUT2D eigenvalue weighted by molar-refractivity contribution is 6.28. The van der Waals surface area contributed by atoms with Crippen LogP contribution in [-0.4, -0.2) is 101 Å². The number of imide groups is 1. The van der Waals surface area contributed by atoms with Gasteiger partial charge in [0, 0.05) is 53.5 Å². The number of anilines is 1. The fraction of sp³-hybridized carbons (Fsp3) is 0.333. The first-order valence-corrected chi connectivity index (χ1v) is 24.5. The van der Waals surface area contributed by atoms with Crippen molar-refractivity contribution in [1.29, 1.82) is 0 Å². The van der Waals surface area contributed by atoms with Crippen LogP contribution in [0.5, 0.6) is 0 Å². The second-order valence-corrected chi connectivity index (χ2v) is 18.8. The molecule has 20 nitrogen and oxygen atoms in total. The van der Waals surface area contributed by atoms with Crippen molar-refractivity contribution in [2.24, 2.45) is 0 Å². The van der Waals surface area contributed by atoms with Gasteiger partial charge in [-0.05, 0) is 78.6 Å². The molecule has 6 N–H and O–H groups in total. The lowest BCUT2D eigenvalue weighted by Crippen LogP contribution is -2.52. The zero-order chi connectivity index (χ0) is 53.1. The Bertz CT molecular complexity index is 3270. The van der Waals surface area contributed by atoms with Crippen molar-refractivity contribution in [2.45, 2.75) is 83.1 Å². The Kier molecular flexibility index (Phi) is 14.8. The topological polar surface area (TPSA) is 274 Å². The van der Waals surface area contributed by atoms with E-state index in [9.17, 15) is 48.3 Å². The molecule has 0 saturated carbocycles. The summed E-state index contributed by atoms with van der Waals surface area (Å²) in [6.07, 6.45) is 3.82. The minimum absolute atomic E-state index is 0.0263. The molecular weight excluding hydrogens is 972 g/mol. The number of benzene rings is 3. The lowest BCUT2D eigenvalue weighted by molar-refractivity contribution is -0.172. The van der Waals surface area contributed by atoms with E-state index in [2.05, 4.69) is 26.6 Å². The van der Waals surface area contributed by atoms with Crippen LogP contribution in [-0.2, 0) is 85.8 Å². The van der Waals surface area contributed by atoms with Crippen LogP contribution in [0.1, 0.15) is 76.6 Å². The van der Waals surface area contributed by atoms with Crippen LogP contribution in [0.25, 0.3) is 22.3 Å². The number of nitrogens with one attached hydrogen (secondary N) is 5. The van der Waals surface area contributed by atoms with Gasteiger partial charge >= 0.3 is 5.97 Å². The quantitative estimate of drug-likeness (QED) is 0.0293. The highest BCUT2D eigenvalue weighted by Crippen LogP contribution is 2.46. The lowest BCUT2D eigenvalue weighted by atomic mass is 9.78. The molecule has 5 heterocycles. The molecule has 3 aliphatic heterocycles. The van der Waals surface area contributed by atoms with Crippen molar-refractivity contribution in [3.63, 3.8) is 0 Å². The molecular formula is C54H53FN8O12. The third kappa shape index (κ3) is 10.5. The van der Waals surface area contributed by atoms with Crippen molar-refractivity contribution >= 4 is 63.9 Å². The van der Waals surface area contributed by atoms with E-state index in [0.29, 0.717) is 53.0 Å². The lowest BCUT2D eigenvalue weighted by Gasteiger charge is -2.31. The summed E-state index contributed by atoms with van der Waals surface area (Å²) in [6.45, 7) is 1.65. The number of pyridine rings is 2. The van der Waals surface area contributed by atoms with E-state index in [1.165, 1.54) is 22.8 Å². The first-order valence-electron chi connectivity index (χ1n) is 24.5. The van der Waals surface area contributed by atoms with Crippen LogP contribution in [0.2, 0.25) is 0 Å². The molecule has 1 unspecified atom stereocenters. The maximum Gasteiger partial charge on any atom is 0.343 e. The van der Waals surface area contributed by atoms with E-state index in [1.807, 2.05) is 0 Å². The first-order chi connectivity index (χ1) is 36.0. The summed E-state index contributed by atoms with van der Waals surface area (Å²) in [7, 11) is 0. The summed E-state index contributed by atoms with van der Waals surface area (Å²) in [6, 6.07) is 17.3. The molecule has 1 aliphatic carbocycles. The Hall–Kier alpha value is -8.43. The van der Waals surface area contributed by atoms with Crippen molar-refractivity contribution in [2.75, 3.05) is 37.9 Å². The highest BCUT2D eigenvalue weighted by Gasteiger charge is 2.46.